The van der Waals surface area contributed by atoms with Gasteiger partial charge in [0.2, 0.25) is 11.8 Å². The minimum Gasteiger partial charge on any atom is -0.352 e. The van der Waals surface area contributed by atoms with Crippen molar-refractivity contribution in [3.63, 3.8) is 0 Å². The molecule has 5 nitrogen and oxygen atoms in total. The van der Waals surface area contributed by atoms with Crippen molar-refractivity contribution in [2.75, 3.05) is 18.0 Å². The topological polar surface area (TPSA) is 61.4 Å². The molecule has 3 heterocycles. The summed E-state index contributed by atoms with van der Waals surface area (Å²) in [7, 11) is 0. The second-order valence-electron chi connectivity index (χ2n) is 7.76. The fourth-order valence-corrected chi connectivity index (χ4v) is 5.13. The van der Waals surface area contributed by atoms with Gasteiger partial charge in [0.15, 0.2) is 0 Å². The molecule has 28 heavy (non-hydrogen) atoms. The molecule has 2 fully saturated rings. The lowest BCUT2D eigenvalue weighted by molar-refractivity contribution is -0.129. The number of hydrogen-bond acceptors (Lipinski definition) is 4. The average Bonchev–Trinajstić information content (AvgIpc) is 3.24. The summed E-state index contributed by atoms with van der Waals surface area (Å²) in [6.45, 7) is 3.87. The lowest BCUT2D eigenvalue weighted by Crippen LogP contribution is -2.52. The summed E-state index contributed by atoms with van der Waals surface area (Å²) >= 11 is 1.61. The van der Waals surface area contributed by atoms with Crippen molar-refractivity contribution in [3.05, 3.63) is 52.2 Å². The third-order valence-corrected chi connectivity index (χ3v) is 6.67. The molecule has 2 aromatic rings. The van der Waals surface area contributed by atoms with Crippen LogP contribution in [0.5, 0.6) is 0 Å². The van der Waals surface area contributed by atoms with E-state index in [4.69, 9.17) is 0 Å². The molecule has 2 aliphatic heterocycles. The highest BCUT2D eigenvalue weighted by Gasteiger charge is 2.42. The molecular weight excluding hydrogens is 370 g/mol. The highest BCUT2D eigenvalue weighted by Crippen LogP contribution is 2.41. The van der Waals surface area contributed by atoms with Crippen LogP contribution < -0.4 is 15.5 Å². The Hall–Kier alpha value is -2.18. The first-order chi connectivity index (χ1) is 13.6. The Kier molecular flexibility index (Phi) is 5.78. The van der Waals surface area contributed by atoms with Gasteiger partial charge in [-0.1, -0.05) is 23.8 Å². The Morgan fingerprint density at radius 3 is 2.71 bits per heavy atom. The highest BCUT2D eigenvalue weighted by molar-refractivity contribution is 7.10. The summed E-state index contributed by atoms with van der Waals surface area (Å²) in [6.07, 6.45) is 3.08. The fraction of sp³-hybridized carbons (Fsp3) is 0.455. The van der Waals surface area contributed by atoms with E-state index in [0.717, 1.165) is 42.1 Å². The van der Waals surface area contributed by atoms with Crippen LogP contribution in [0.2, 0.25) is 0 Å². The Bertz CT molecular complexity index is 813. The number of amides is 2. The van der Waals surface area contributed by atoms with E-state index in [1.54, 1.807) is 11.3 Å². The van der Waals surface area contributed by atoms with E-state index < -0.39 is 0 Å². The van der Waals surface area contributed by atoms with Gasteiger partial charge in [-0.2, -0.15) is 0 Å². The van der Waals surface area contributed by atoms with Crippen LogP contribution in [0.25, 0.3) is 0 Å². The summed E-state index contributed by atoms with van der Waals surface area (Å²) in [6, 6.07) is 12.0. The van der Waals surface area contributed by atoms with Crippen molar-refractivity contribution in [3.8, 4) is 0 Å². The molecule has 148 valence electrons. The van der Waals surface area contributed by atoms with Gasteiger partial charge in [0.05, 0.1) is 12.0 Å². The van der Waals surface area contributed by atoms with Gasteiger partial charge in [-0.25, -0.2) is 0 Å². The minimum atomic E-state index is -0.250. The number of rotatable bonds is 4. The monoisotopic (exact) mass is 397 g/mol. The number of piperidine rings is 2. The molecule has 0 aliphatic carbocycles. The Balaban J connectivity index is 1.64. The molecule has 4 rings (SSSR count). The second-order valence-corrected chi connectivity index (χ2v) is 8.74. The molecule has 2 amide bonds. The molecule has 6 heteroatoms. The minimum absolute atomic E-state index is 0.0664. The zero-order valence-electron chi connectivity index (χ0n) is 16.2. The largest absolute Gasteiger partial charge is 0.352 e. The number of thiophene rings is 1. The molecule has 0 spiro atoms. The number of carbonyl (C=O) groups is 2. The molecule has 0 bridgehead atoms. The zero-order chi connectivity index (χ0) is 19.5. The van der Waals surface area contributed by atoms with Gasteiger partial charge in [0, 0.05) is 29.6 Å². The number of benzene rings is 1. The average molecular weight is 398 g/mol. The van der Waals surface area contributed by atoms with Gasteiger partial charge in [0.25, 0.3) is 0 Å². The highest BCUT2D eigenvalue weighted by atomic mass is 32.1. The Morgan fingerprint density at radius 2 is 2.04 bits per heavy atom. The van der Waals surface area contributed by atoms with Crippen molar-refractivity contribution in [2.24, 2.45) is 5.92 Å². The maximum absolute atomic E-state index is 13.2. The van der Waals surface area contributed by atoms with Crippen LogP contribution in [0, 0.1) is 12.8 Å². The normalized spacial score (nSPS) is 25.5. The summed E-state index contributed by atoms with van der Waals surface area (Å²) in [5.41, 5.74) is 2.02. The summed E-state index contributed by atoms with van der Waals surface area (Å²) in [5.74, 6) is -0.0815. The van der Waals surface area contributed by atoms with Crippen molar-refractivity contribution in [1.82, 2.24) is 10.6 Å². The van der Waals surface area contributed by atoms with Crippen molar-refractivity contribution < 1.29 is 9.59 Å². The van der Waals surface area contributed by atoms with E-state index in [1.807, 2.05) is 53.6 Å². The van der Waals surface area contributed by atoms with E-state index in [0.29, 0.717) is 12.8 Å². The van der Waals surface area contributed by atoms with Gasteiger partial charge in [-0.05, 0) is 56.3 Å². The summed E-state index contributed by atoms with van der Waals surface area (Å²) in [4.78, 5) is 29.1. The smallest absolute Gasteiger partial charge is 0.227 e. The van der Waals surface area contributed by atoms with Crippen LogP contribution in [0.4, 0.5) is 5.69 Å². The number of aryl methyl sites for hydroxylation is 1. The zero-order valence-corrected chi connectivity index (χ0v) is 17.0. The molecular formula is C22H27N3O2S. The Labute approximate surface area is 170 Å². The third-order valence-electron chi connectivity index (χ3n) is 5.72. The van der Waals surface area contributed by atoms with Crippen molar-refractivity contribution >= 4 is 28.8 Å². The van der Waals surface area contributed by atoms with Crippen LogP contribution in [0.1, 0.15) is 42.2 Å². The molecule has 0 saturated carbocycles. The van der Waals surface area contributed by atoms with E-state index in [2.05, 4.69) is 10.6 Å². The van der Waals surface area contributed by atoms with Gasteiger partial charge in [-0.15, -0.1) is 11.3 Å². The standard InChI is InChI=1S/C22H27N3O2S/c1-15-6-8-17(9-7-15)25-20(26)11-10-18(21(25)19-5-3-13-28-19)22(27)24-16-4-2-12-23-14-16/h3,5-9,13,16,18,21,23H,2,4,10-12,14H2,1H3,(H,24,27). The molecule has 1 aromatic carbocycles. The van der Waals surface area contributed by atoms with Gasteiger partial charge in [-0.3, -0.25) is 9.59 Å². The first-order valence-electron chi connectivity index (χ1n) is 10.1. The molecule has 2 aliphatic rings. The summed E-state index contributed by atoms with van der Waals surface area (Å²) in [5, 5.41) is 8.61. The number of hydrogen-bond donors (Lipinski definition) is 2. The number of nitrogens with zero attached hydrogens (tertiary/aromatic N) is 1. The molecule has 0 radical (unpaired) electrons. The maximum atomic E-state index is 13.2. The van der Waals surface area contributed by atoms with Crippen LogP contribution >= 0.6 is 11.3 Å². The predicted octanol–water partition coefficient (Wildman–Crippen LogP) is 3.41. The SMILES string of the molecule is Cc1ccc(N2C(=O)CCC(C(=O)NC3CCCNC3)C2c2cccs2)cc1. The molecule has 3 unspecified atom stereocenters. The Morgan fingerprint density at radius 1 is 1.21 bits per heavy atom. The number of carbonyl (C=O) groups excluding carboxylic acids is 2. The van der Waals surface area contributed by atoms with E-state index in [1.165, 1.54) is 0 Å². The quantitative estimate of drug-likeness (QED) is 0.831. The van der Waals surface area contributed by atoms with Gasteiger partial charge >= 0.3 is 0 Å². The number of anilines is 1. The molecule has 2 N–H and O–H groups in total. The van der Waals surface area contributed by atoms with E-state index in [9.17, 15) is 9.59 Å². The van der Waals surface area contributed by atoms with Crippen LogP contribution in [0.3, 0.4) is 0 Å². The van der Waals surface area contributed by atoms with Crippen LogP contribution in [-0.2, 0) is 9.59 Å². The summed E-state index contributed by atoms with van der Waals surface area (Å²) < 4.78 is 0. The third kappa shape index (κ3) is 3.98. The van der Waals surface area contributed by atoms with Crippen LogP contribution in [0.15, 0.2) is 41.8 Å². The van der Waals surface area contributed by atoms with Crippen molar-refractivity contribution in [1.29, 1.82) is 0 Å². The molecule has 1 aromatic heterocycles. The first-order valence-corrected chi connectivity index (χ1v) is 10.9. The van der Waals surface area contributed by atoms with E-state index >= 15 is 0 Å². The fourth-order valence-electron chi connectivity index (χ4n) is 4.25. The second kappa shape index (κ2) is 8.45. The van der Waals surface area contributed by atoms with Gasteiger partial charge in [0.1, 0.15) is 0 Å². The number of nitrogens with one attached hydrogen (secondary N) is 2. The van der Waals surface area contributed by atoms with Crippen LogP contribution in [-0.4, -0.2) is 30.9 Å². The van der Waals surface area contributed by atoms with Crippen molar-refractivity contribution in [2.45, 2.75) is 44.7 Å². The maximum Gasteiger partial charge on any atom is 0.227 e. The first kappa shape index (κ1) is 19.2. The molecule has 3 atom stereocenters. The van der Waals surface area contributed by atoms with E-state index in [-0.39, 0.29) is 29.8 Å². The predicted molar refractivity (Wildman–Crippen MR) is 112 cm³/mol. The lowest BCUT2D eigenvalue weighted by Gasteiger charge is -2.40. The lowest BCUT2D eigenvalue weighted by atomic mass is 9.86. The molecule has 2 saturated heterocycles. The van der Waals surface area contributed by atoms with Gasteiger partial charge < -0.3 is 15.5 Å².